The van der Waals surface area contributed by atoms with Crippen molar-refractivity contribution in [3.05, 3.63) is 78.6 Å². The number of aldehydes is 1. The Morgan fingerprint density at radius 1 is 1.32 bits per heavy atom. The minimum Gasteiger partial charge on any atom is -0.378 e. The van der Waals surface area contributed by atoms with Crippen LogP contribution in [0.2, 0.25) is 0 Å². The summed E-state index contributed by atoms with van der Waals surface area (Å²) in [4.78, 5) is 13.3. The van der Waals surface area contributed by atoms with Crippen LogP contribution in [0.4, 0.5) is 0 Å². The Kier molecular flexibility index (Phi) is 6.39. The number of allylic oxidation sites excluding steroid dienone is 5. The molecule has 3 rings (SSSR count). The first-order valence-corrected chi connectivity index (χ1v) is 10.4. The summed E-state index contributed by atoms with van der Waals surface area (Å²) >= 11 is 0. The highest BCUT2D eigenvalue weighted by atomic mass is 16.1. The summed E-state index contributed by atoms with van der Waals surface area (Å²) in [5.41, 5.74) is 5.20. The molecule has 1 fully saturated rings. The number of rotatable bonds is 7. The Hall–Kier alpha value is -2.35. The standard InChI is InChI=1S/C26H33NO/c1-5-27-15-13-25(14-16-27)26(4,20(2)3)18-22-7-6-8-24(17-22)23-11-9-21(19-28)10-12-23/h5-9,11-12,17,19,21,25H,1-2,10,13-16,18H2,3-4H3. The minimum atomic E-state index is 0.0278. The summed E-state index contributed by atoms with van der Waals surface area (Å²) in [5.74, 6) is 0.673. The van der Waals surface area contributed by atoms with Crippen molar-refractivity contribution in [3.8, 4) is 0 Å². The van der Waals surface area contributed by atoms with Crippen molar-refractivity contribution >= 4 is 11.9 Å². The van der Waals surface area contributed by atoms with Gasteiger partial charge in [0.1, 0.15) is 6.29 Å². The molecule has 1 saturated heterocycles. The van der Waals surface area contributed by atoms with E-state index in [0.29, 0.717) is 5.92 Å². The van der Waals surface area contributed by atoms with Crippen LogP contribution < -0.4 is 0 Å². The van der Waals surface area contributed by atoms with Crippen molar-refractivity contribution in [1.29, 1.82) is 0 Å². The van der Waals surface area contributed by atoms with Gasteiger partial charge in [0.05, 0.1) is 0 Å². The van der Waals surface area contributed by atoms with E-state index >= 15 is 0 Å². The number of likely N-dealkylation sites (tertiary alicyclic amines) is 1. The monoisotopic (exact) mass is 375 g/mol. The molecule has 2 nitrogen and oxygen atoms in total. The molecule has 0 radical (unpaired) electrons. The molecule has 1 aliphatic heterocycles. The van der Waals surface area contributed by atoms with E-state index in [9.17, 15) is 4.79 Å². The van der Waals surface area contributed by atoms with Crippen molar-refractivity contribution in [2.24, 2.45) is 17.3 Å². The Bertz CT molecular complexity index is 794. The minimum absolute atomic E-state index is 0.0278. The van der Waals surface area contributed by atoms with Crippen molar-refractivity contribution in [2.45, 2.75) is 39.5 Å². The fourth-order valence-corrected chi connectivity index (χ4v) is 4.60. The molecular weight excluding hydrogens is 342 g/mol. The van der Waals surface area contributed by atoms with Crippen LogP contribution in [0.1, 0.15) is 44.2 Å². The van der Waals surface area contributed by atoms with Crippen LogP contribution >= 0.6 is 0 Å². The lowest BCUT2D eigenvalue weighted by atomic mass is 9.65. The summed E-state index contributed by atoms with van der Waals surface area (Å²) in [6, 6.07) is 8.88. The van der Waals surface area contributed by atoms with Crippen molar-refractivity contribution in [3.63, 3.8) is 0 Å². The van der Waals surface area contributed by atoms with Gasteiger partial charge in [-0.1, -0.05) is 68.1 Å². The molecule has 0 bridgehead atoms. The van der Waals surface area contributed by atoms with Crippen LogP contribution in [-0.4, -0.2) is 24.3 Å². The maximum absolute atomic E-state index is 11.0. The number of hydrogen-bond donors (Lipinski definition) is 0. The highest BCUT2D eigenvalue weighted by Crippen LogP contribution is 2.43. The Morgan fingerprint density at radius 2 is 2.07 bits per heavy atom. The fourth-order valence-electron chi connectivity index (χ4n) is 4.60. The number of hydrogen-bond acceptors (Lipinski definition) is 2. The van der Waals surface area contributed by atoms with Crippen molar-refractivity contribution < 1.29 is 4.79 Å². The van der Waals surface area contributed by atoms with Gasteiger partial charge in [-0.25, -0.2) is 0 Å². The summed E-state index contributed by atoms with van der Waals surface area (Å²) < 4.78 is 0. The first-order chi connectivity index (χ1) is 13.5. The van der Waals surface area contributed by atoms with Gasteiger partial charge in [0, 0.05) is 19.0 Å². The predicted molar refractivity (Wildman–Crippen MR) is 119 cm³/mol. The fraction of sp³-hybridized carbons (Fsp3) is 0.423. The third-order valence-corrected chi connectivity index (χ3v) is 6.80. The lowest BCUT2D eigenvalue weighted by Gasteiger charge is -2.43. The lowest BCUT2D eigenvalue weighted by Crippen LogP contribution is -2.39. The third kappa shape index (κ3) is 4.38. The van der Waals surface area contributed by atoms with Crippen LogP contribution in [0, 0.1) is 17.3 Å². The Morgan fingerprint density at radius 3 is 2.64 bits per heavy atom. The first kappa shape index (κ1) is 20.4. The number of benzene rings is 1. The van der Waals surface area contributed by atoms with Crippen molar-refractivity contribution in [2.75, 3.05) is 13.1 Å². The van der Waals surface area contributed by atoms with Gasteiger partial charge in [-0.2, -0.15) is 0 Å². The smallest absolute Gasteiger partial charge is 0.127 e. The average Bonchev–Trinajstić information content (AvgIpc) is 2.74. The van der Waals surface area contributed by atoms with Gasteiger partial charge in [-0.15, -0.1) is 0 Å². The normalized spacial score (nSPS) is 22.3. The molecule has 2 aliphatic rings. The molecule has 2 atom stereocenters. The van der Waals surface area contributed by atoms with Gasteiger partial charge in [-0.05, 0) is 66.8 Å². The molecule has 1 aliphatic carbocycles. The third-order valence-electron chi connectivity index (χ3n) is 6.80. The van der Waals surface area contributed by atoms with E-state index in [4.69, 9.17) is 0 Å². The molecule has 0 aromatic heterocycles. The van der Waals surface area contributed by atoms with E-state index < -0.39 is 0 Å². The van der Waals surface area contributed by atoms with Gasteiger partial charge < -0.3 is 9.69 Å². The molecule has 1 heterocycles. The van der Waals surface area contributed by atoms with E-state index in [2.05, 4.69) is 68.3 Å². The summed E-state index contributed by atoms with van der Waals surface area (Å²) in [5, 5.41) is 0. The van der Waals surface area contributed by atoms with Crippen molar-refractivity contribution in [1.82, 2.24) is 4.90 Å². The van der Waals surface area contributed by atoms with Crippen LogP contribution in [-0.2, 0) is 11.2 Å². The second-order valence-electron chi connectivity index (χ2n) is 8.62. The molecule has 0 spiro atoms. The Balaban J connectivity index is 1.78. The van der Waals surface area contributed by atoms with Crippen LogP contribution in [0.5, 0.6) is 0 Å². The van der Waals surface area contributed by atoms with E-state index in [1.54, 1.807) is 0 Å². The highest BCUT2D eigenvalue weighted by molar-refractivity contribution is 5.77. The number of nitrogens with zero attached hydrogens (tertiary/aromatic N) is 1. The summed E-state index contributed by atoms with van der Waals surface area (Å²) in [6.45, 7) is 15.1. The molecule has 2 unspecified atom stereocenters. The maximum Gasteiger partial charge on any atom is 0.127 e. The second kappa shape index (κ2) is 8.77. The molecule has 0 amide bonds. The molecule has 28 heavy (non-hydrogen) atoms. The highest BCUT2D eigenvalue weighted by Gasteiger charge is 2.36. The lowest BCUT2D eigenvalue weighted by molar-refractivity contribution is -0.109. The molecule has 1 aromatic carbocycles. The second-order valence-corrected chi connectivity index (χ2v) is 8.62. The van der Waals surface area contributed by atoms with Crippen LogP contribution in [0.25, 0.3) is 5.57 Å². The maximum atomic E-state index is 11.0. The van der Waals surface area contributed by atoms with Crippen LogP contribution in [0.15, 0.2) is 67.4 Å². The summed E-state index contributed by atoms with van der Waals surface area (Å²) in [6.07, 6.45) is 13.5. The molecule has 1 aromatic rings. The van der Waals surface area contributed by atoms with Gasteiger partial charge in [0.2, 0.25) is 0 Å². The SMILES string of the molecule is C=CN1CCC(C(C)(Cc2cccc(C3=CCC(C=O)C=C3)c2)C(=C)C)CC1. The zero-order valence-corrected chi connectivity index (χ0v) is 17.4. The largest absolute Gasteiger partial charge is 0.378 e. The van der Waals surface area contributed by atoms with Gasteiger partial charge >= 0.3 is 0 Å². The quantitative estimate of drug-likeness (QED) is 0.442. The van der Waals surface area contributed by atoms with Crippen LogP contribution in [0.3, 0.4) is 0 Å². The van der Waals surface area contributed by atoms with Gasteiger partial charge in [0.15, 0.2) is 0 Å². The number of carbonyl (C=O) groups is 1. The van der Waals surface area contributed by atoms with Gasteiger partial charge in [0.25, 0.3) is 0 Å². The molecule has 148 valence electrons. The Labute approximate surface area is 170 Å². The number of piperidine rings is 1. The topological polar surface area (TPSA) is 20.3 Å². The first-order valence-electron chi connectivity index (χ1n) is 10.4. The van der Waals surface area contributed by atoms with E-state index in [0.717, 1.165) is 32.2 Å². The average molecular weight is 376 g/mol. The molecular formula is C26H33NO. The summed E-state index contributed by atoms with van der Waals surface area (Å²) in [7, 11) is 0. The van der Waals surface area contributed by atoms with E-state index in [-0.39, 0.29) is 11.3 Å². The van der Waals surface area contributed by atoms with E-state index in [1.807, 2.05) is 12.3 Å². The van der Waals surface area contributed by atoms with E-state index in [1.165, 1.54) is 35.1 Å². The van der Waals surface area contributed by atoms with Gasteiger partial charge in [-0.3, -0.25) is 0 Å². The number of carbonyl (C=O) groups excluding carboxylic acids is 1. The molecule has 0 N–H and O–H groups in total. The zero-order valence-electron chi connectivity index (χ0n) is 17.4. The predicted octanol–water partition coefficient (Wildman–Crippen LogP) is 5.83. The zero-order chi connectivity index (χ0) is 20.1. The molecule has 2 heteroatoms. The molecule has 0 saturated carbocycles.